The van der Waals surface area contributed by atoms with E-state index in [1.54, 1.807) is 6.20 Å². The zero-order valence-electron chi connectivity index (χ0n) is 15.1. The van der Waals surface area contributed by atoms with Crippen LogP contribution in [0.5, 0.6) is 0 Å². The van der Waals surface area contributed by atoms with Crippen LogP contribution < -0.4 is 10.5 Å². The number of rotatable bonds is 4. The van der Waals surface area contributed by atoms with E-state index in [1.165, 1.54) is 4.68 Å². The van der Waals surface area contributed by atoms with E-state index in [2.05, 4.69) is 5.10 Å². The summed E-state index contributed by atoms with van der Waals surface area (Å²) < 4.78 is 1.37. The molecule has 7 heteroatoms. The molecule has 0 aliphatic carbocycles. The van der Waals surface area contributed by atoms with E-state index in [0.717, 1.165) is 5.56 Å². The molecule has 1 aliphatic heterocycles. The van der Waals surface area contributed by atoms with Gasteiger partial charge in [0.2, 0.25) is 5.91 Å². The van der Waals surface area contributed by atoms with E-state index in [0.29, 0.717) is 38.4 Å². The molecule has 0 N–H and O–H groups in total. The molecule has 1 saturated heterocycles. The molecule has 6 nitrogen and oxygen atoms in total. The second-order valence-corrected chi connectivity index (χ2v) is 7.14. The van der Waals surface area contributed by atoms with Gasteiger partial charge in [0, 0.05) is 32.1 Å². The molecule has 0 radical (unpaired) electrons. The van der Waals surface area contributed by atoms with E-state index in [9.17, 15) is 9.59 Å². The summed E-state index contributed by atoms with van der Waals surface area (Å²) >= 11 is 6.35. The van der Waals surface area contributed by atoms with E-state index >= 15 is 0 Å². The SMILES string of the molecule is CC(C)C(=O)N1CCN(c2cnn(Cc3ccccc3)c(=O)c2Cl)CC1. The number of piperazine rings is 1. The summed E-state index contributed by atoms with van der Waals surface area (Å²) in [5.41, 5.74) is 1.33. The second kappa shape index (κ2) is 7.91. The number of carbonyl (C=O) groups is 1. The van der Waals surface area contributed by atoms with Gasteiger partial charge in [-0.2, -0.15) is 5.10 Å². The number of hydrogen-bond donors (Lipinski definition) is 0. The molecule has 1 aromatic heterocycles. The lowest BCUT2D eigenvalue weighted by atomic mass is 10.1. The Morgan fingerprint density at radius 1 is 1.15 bits per heavy atom. The summed E-state index contributed by atoms with van der Waals surface area (Å²) in [5.74, 6) is 0.154. The maximum Gasteiger partial charge on any atom is 0.287 e. The zero-order valence-corrected chi connectivity index (χ0v) is 15.8. The Morgan fingerprint density at radius 3 is 2.42 bits per heavy atom. The van der Waals surface area contributed by atoms with Crippen molar-refractivity contribution in [3.63, 3.8) is 0 Å². The Hall–Kier alpha value is -2.34. The predicted molar refractivity (Wildman–Crippen MR) is 103 cm³/mol. The van der Waals surface area contributed by atoms with Gasteiger partial charge in [-0.1, -0.05) is 55.8 Å². The fourth-order valence-electron chi connectivity index (χ4n) is 3.08. The van der Waals surface area contributed by atoms with Crippen molar-refractivity contribution in [3.8, 4) is 0 Å². The van der Waals surface area contributed by atoms with Gasteiger partial charge in [-0.05, 0) is 5.56 Å². The Labute approximate surface area is 158 Å². The standard InChI is InChI=1S/C19H23ClN4O2/c1-14(2)18(25)23-10-8-22(9-11-23)16-12-21-24(19(26)17(16)20)13-15-6-4-3-5-7-15/h3-7,12,14H,8-11,13H2,1-2H3. The predicted octanol–water partition coefficient (Wildman–Crippen LogP) is 2.25. The highest BCUT2D eigenvalue weighted by atomic mass is 35.5. The van der Waals surface area contributed by atoms with Gasteiger partial charge in [-0.25, -0.2) is 4.68 Å². The molecule has 0 atom stereocenters. The highest BCUT2D eigenvalue weighted by molar-refractivity contribution is 6.33. The number of benzene rings is 1. The average Bonchev–Trinajstić information content (AvgIpc) is 2.66. The van der Waals surface area contributed by atoms with Crippen LogP contribution in [-0.2, 0) is 11.3 Å². The minimum atomic E-state index is -0.297. The molecule has 1 fully saturated rings. The molecule has 3 rings (SSSR count). The first-order valence-electron chi connectivity index (χ1n) is 8.80. The second-order valence-electron chi connectivity index (χ2n) is 6.76. The van der Waals surface area contributed by atoms with Gasteiger partial charge in [0.25, 0.3) is 5.56 Å². The van der Waals surface area contributed by atoms with Crippen LogP contribution in [0, 0.1) is 5.92 Å². The molecular formula is C19H23ClN4O2. The lowest BCUT2D eigenvalue weighted by molar-refractivity contribution is -0.134. The van der Waals surface area contributed by atoms with Crippen molar-refractivity contribution in [2.24, 2.45) is 5.92 Å². The van der Waals surface area contributed by atoms with Crippen LogP contribution in [0.1, 0.15) is 19.4 Å². The van der Waals surface area contributed by atoms with Crippen LogP contribution in [0.15, 0.2) is 41.3 Å². The maximum absolute atomic E-state index is 12.6. The number of aromatic nitrogens is 2. The van der Waals surface area contributed by atoms with E-state index in [4.69, 9.17) is 11.6 Å². The lowest BCUT2D eigenvalue weighted by Crippen LogP contribution is -2.50. The molecule has 26 heavy (non-hydrogen) atoms. The van der Waals surface area contributed by atoms with Crippen molar-refractivity contribution < 1.29 is 4.79 Å². The molecule has 1 aromatic carbocycles. The van der Waals surface area contributed by atoms with Gasteiger partial charge >= 0.3 is 0 Å². The molecule has 1 aliphatic rings. The highest BCUT2D eigenvalue weighted by Crippen LogP contribution is 2.22. The van der Waals surface area contributed by atoms with E-state index < -0.39 is 0 Å². The number of anilines is 1. The third-order valence-corrected chi connectivity index (χ3v) is 4.92. The molecule has 0 spiro atoms. The van der Waals surface area contributed by atoms with Crippen molar-refractivity contribution in [2.75, 3.05) is 31.1 Å². The van der Waals surface area contributed by atoms with Gasteiger partial charge in [0.15, 0.2) is 0 Å². The number of halogens is 1. The lowest BCUT2D eigenvalue weighted by Gasteiger charge is -2.36. The normalized spacial score (nSPS) is 14.8. The Kier molecular flexibility index (Phi) is 5.61. The summed E-state index contributed by atoms with van der Waals surface area (Å²) in [4.78, 5) is 28.6. The van der Waals surface area contributed by atoms with Crippen LogP contribution in [0.2, 0.25) is 5.02 Å². The van der Waals surface area contributed by atoms with Crippen LogP contribution in [0.3, 0.4) is 0 Å². The first kappa shape index (κ1) is 18.5. The quantitative estimate of drug-likeness (QED) is 0.823. The van der Waals surface area contributed by atoms with Crippen molar-refractivity contribution >= 4 is 23.2 Å². The minimum absolute atomic E-state index is 0.00582. The number of hydrogen-bond acceptors (Lipinski definition) is 4. The first-order valence-corrected chi connectivity index (χ1v) is 9.18. The van der Waals surface area contributed by atoms with Gasteiger partial charge < -0.3 is 9.80 Å². The number of carbonyl (C=O) groups excluding carboxylic acids is 1. The summed E-state index contributed by atoms with van der Waals surface area (Å²) in [6.07, 6.45) is 1.65. The van der Waals surface area contributed by atoms with Crippen molar-refractivity contribution in [3.05, 3.63) is 57.5 Å². The Morgan fingerprint density at radius 2 is 1.81 bits per heavy atom. The molecular weight excluding hydrogens is 352 g/mol. The van der Waals surface area contributed by atoms with Crippen molar-refractivity contribution in [2.45, 2.75) is 20.4 Å². The van der Waals surface area contributed by atoms with Crippen molar-refractivity contribution in [1.82, 2.24) is 14.7 Å². The van der Waals surface area contributed by atoms with Crippen LogP contribution in [0.4, 0.5) is 5.69 Å². The third kappa shape index (κ3) is 3.90. The van der Waals surface area contributed by atoms with Crippen LogP contribution in [-0.4, -0.2) is 46.8 Å². The summed E-state index contributed by atoms with van der Waals surface area (Å²) in [6, 6.07) is 9.67. The fraction of sp³-hybridized carbons (Fsp3) is 0.421. The molecule has 2 heterocycles. The third-order valence-electron chi connectivity index (χ3n) is 4.57. The molecule has 0 saturated carbocycles. The van der Waals surface area contributed by atoms with E-state index in [1.807, 2.05) is 54.0 Å². The highest BCUT2D eigenvalue weighted by Gasteiger charge is 2.25. The smallest absolute Gasteiger partial charge is 0.287 e. The first-order chi connectivity index (χ1) is 12.5. The van der Waals surface area contributed by atoms with Gasteiger partial charge in [0.05, 0.1) is 18.4 Å². The molecule has 0 unspecified atom stereocenters. The van der Waals surface area contributed by atoms with Gasteiger partial charge in [0.1, 0.15) is 5.02 Å². The van der Waals surface area contributed by atoms with Crippen LogP contribution in [0.25, 0.3) is 0 Å². The molecule has 0 bridgehead atoms. The summed E-state index contributed by atoms with van der Waals surface area (Å²) in [5, 5.41) is 4.47. The van der Waals surface area contributed by atoms with Crippen LogP contribution >= 0.6 is 11.6 Å². The maximum atomic E-state index is 12.6. The summed E-state index contributed by atoms with van der Waals surface area (Å²) in [6.45, 7) is 6.73. The van der Waals surface area contributed by atoms with Gasteiger partial charge in [-0.15, -0.1) is 0 Å². The fourth-order valence-corrected chi connectivity index (χ4v) is 3.34. The summed E-state index contributed by atoms with van der Waals surface area (Å²) in [7, 11) is 0. The van der Waals surface area contributed by atoms with Crippen molar-refractivity contribution in [1.29, 1.82) is 0 Å². The number of amides is 1. The molecule has 2 aromatic rings. The monoisotopic (exact) mass is 374 g/mol. The Bertz CT molecular complexity index is 827. The zero-order chi connectivity index (χ0) is 18.7. The molecule has 138 valence electrons. The van der Waals surface area contributed by atoms with E-state index in [-0.39, 0.29) is 22.4 Å². The van der Waals surface area contributed by atoms with Gasteiger partial charge in [-0.3, -0.25) is 9.59 Å². The minimum Gasteiger partial charge on any atom is -0.365 e. The Balaban J connectivity index is 1.73. The average molecular weight is 375 g/mol. The topological polar surface area (TPSA) is 58.4 Å². The molecule has 1 amide bonds. The largest absolute Gasteiger partial charge is 0.365 e. The number of nitrogens with zero attached hydrogens (tertiary/aromatic N) is 4.